The first-order valence-electron chi connectivity index (χ1n) is 26.9. The second kappa shape index (κ2) is 25.9. The molecule has 4 aliphatic heterocycles. The number of aliphatic hydroxyl groups is 6. The average Bonchev–Trinajstić information content (AvgIpc) is 1.66. The topological polar surface area (TPSA) is 610 Å². The van der Waals surface area contributed by atoms with Crippen LogP contribution >= 0.6 is 0 Å². The van der Waals surface area contributed by atoms with E-state index < -0.39 is 139 Å². The molecule has 15 atom stereocenters. The van der Waals surface area contributed by atoms with E-state index in [1.165, 1.54) is 28.1 Å². The van der Waals surface area contributed by atoms with Crippen molar-refractivity contribution in [3.05, 3.63) is 66.7 Å². The first-order chi connectivity index (χ1) is 42.8. The highest BCUT2D eigenvalue weighted by molar-refractivity contribution is 5.81. The third-order valence-electron chi connectivity index (χ3n) is 14.9. The molecule has 39 nitrogen and oxygen atoms in total. The van der Waals surface area contributed by atoms with Crippen LogP contribution in [0.4, 0.5) is 50.1 Å². The van der Waals surface area contributed by atoms with Crippen LogP contribution in [0.15, 0.2) is 44.5 Å². The van der Waals surface area contributed by atoms with Crippen molar-refractivity contribution in [3.63, 3.8) is 0 Å². The number of hydrogen-bond acceptors (Lipinski definition) is 31. The van der Waals surface area contributed by atoms with E-state index in [4.69, 9.17) is 58.5 Å². The number of Topliss-reactive ketones (excluding diaryl/α,β-unsaturated/α-hetero) is 1. The molecule has 4 saturated heterocycles. The zero-order valence-corrected chi connectivity index (χ0v) is 47.1. The third kappa shape index (κ3) is 13.4. The van der Waals surface area contributed by atoms with Crippen LogP contribution in [0.3, 0.4) is 0 Å². The van der Waals surface area contributed by atoms with Crippen LogP contribution < -0.4 is 67.3 Å². The zero-order chi connectivity index (χ0) is 66.5. The molecule has 0 amide bonds. The predicted octanol–water partition coefficient (Wildman–Crippen LogP) is -6.13. The summed E-state index contributed by atoms with van der Waals surface area (Å²) in [4.78, 5) is 98.1. The van der Waals surface area contributed by atoms with Crippen molar-refractivity contribution in [3.8, 4) is 0 Å². The molecule has 0 bridgehead atoms. The summed E-state index contributed by atoms with van der Waals surface area (Å²) in [7, 11) is 0. The number of hydrogen-bond donors (Lipinski definition) is 18. The molecular weight excluding hydrogens is 1240 g/mol. The lowest BCUT2D eigenvalue weighted by Gasteiger charge is -2.38. The maximum Gasteiger partial charge on any atom is 0.449 e. The predicted molar refractivity (Wildman–Crippen MR) is 296 cm³/mol. The van der Waals surface area contributed by atoms with Gasteiger partial charge in [0.1, 0.15) is 49.1 Å². The molecule has 4 aliphatic rings. The number of nitrogen functional groups attached to an aromatic ring is 4. The summed E-state index contributed by atoms with van der Waals surface area (Å²) in [6.45, 7) is -0.0540. The Balaban J connectivity index is 0.000000174. The van der Waals surface area contributed by atoms with Crippen LogP contribution in [0.25, 0.3) is 44.7 Å². The van der Waals surface area contributed by atoms with Crippen LogP contribution in [-0.2, 0) is 23.7 Å². The second-order valence-electron chi connectivity index (χ2n) is 21.0. The van der Waals surface area contributed by atoms with Gasteiger partial charge in [0.15, 0.2) is 62.8 Å². The lowest BCUT2D eigenvalue weighted by Crippen LogP contribution is -2.68. The van der Waals surface area contributed by atoms with Gasteiger partial charge in [0.2, 0.25) is 29.6 Å². The molecule has 0 aromatic carbocycles. The van der Waals surface area contributed by atoms with Gasteiger partial charge < -0.3 is 84.0 Å². The van der Waals surface area contributed by atoms with E-state index in [0.29, 0.717) is 19.0 Å². The zero-order valence-electron chi connectivity index (χ0n) is 47.1. The fourth-order valence-corrected chi connectivity index (χ4v) is 10.1. The summed E-state index contributed by atoms with van der Waals surface area (Å²) >= 11 is 0. The number of aliphatic hydroxyl groups excluding tert-OH is 6. The maximum absolute atomic E-state index is 14.5. The van der Waals surface area contributed by atoms with Gasteiger partial charge in [-0.2, -0.15) is 46.3 Å². The van der Waals surface area contributed by atoms with Crippen molar-refractivity contribution < 1.29 is 80.7 Å². The van der Waals surface area contributed by atoms with E-state index in [1.807, 2.05) is 0 Å². The molecule has 0 saturated carbocycles. The molecule has 24 N–H and O–H groups in total. The molecule has 1 unspecified atom stereocenters. The van der Waals surface area contributed by atoms with Gasteiger partial charge in [0.05, 0.1) is 50.7 Å². The molecule has 45 heteroatoms. The summed E-state index contributed by atoms with van der Waals surface area (Å²) in [5.74, 6) is -2.27. The van der Waals surface area contributed by atoms with E-state index in [-0.39, 0.29) is 88.4 Å². The van der Waals surface area contributed by atoms with E-state index >= 15 is 0 Å². The number of ketones is 1. The van der Waals surface area contributed by atoms with Gasteiger partial charge in [0.25, 0.3) is 22.2 Å². The van der Waals surface area contributed by atoms with Gasteiger partial charge in [-0.15, -0.1) is 0 Å². The molecule has 4 fully saturated rings. The normalized spacial score (nSPS) is 27.4. The van der Waals surface area contributed by atoms with Crippen molar-refractivity contribution in [2.45, 2.75) is 131 Å². The number of anilines is 4. The Hall–Kier alpha value is -8.71. The van der Waals surface area contributed by atoms with E-state index in [2.05, 4.69) is 70.4 Å². The van der Waals surface area contributed by atoms with Crippen molar-refractivity contribution in [1.82, 2.24) is 88.7 Å². The standard InChI is InChI=1S/C23H29F3N12O7.C10H14N6O4.C10H14N6O3.C3H3F3O/c1-22(23(24,25)26,36-7-2-10(44-9(7)4-39)37-5-29-11-15(37)32-20(27)34-17(11)42)31-3-8-13(40)14(41)19(45-8)38-6-30-12-16(38)33-21(28)35-18(12)43;11-1-3-5(17)6(18)9(20-3)16-2-13-4-7(16)14-10(12)15-8(4)19;11-4-1-6(19-5(4)2-17)16-3-13-7-8(16)14-10(12)15-9(7)18;1-2(7)3(4,5)6/h5-10,13-14,19,31,36,39-41H,2-4H2,1H3,(H3,27,32,34,42)(H3,28,33,35,43);2-3,5-6,9,17-18H,1,11H2,(H3,12,14,15,19);3-6,17H,1-2,11H2,(H3,12,14,15,18);1H3/t7-,8+,9+,10+,13+,14+,19+,22?;3-,5-,6-,9-;4-,5+,6+;/m010./s1. The largest absolute Gasteiger partial charge is 0.449 e. The van der Waals surface area contributed by atoms with Crippen LogP contribution in [0, 0.1) is 0 Å². The van der Waals surface area contributed by atoms with Gasteiger partial charge in [0, 0.05) is 44.9 Å². The highest BCUT2D eigenvalue weighted by atomic mass is 19.4. The molecule has 12 rings (SSSR count). The lowest BCUT2D eigenvalue weighted by atomic mass is 10.0. The lowest BCUT2D eigenvalue weighted by molar-refractivity contribution is -0.207. The Labute approximate surface area is 500 Å². The fourth-order valence-electron chi connectivity index (χ4n) is 10.1. The minimum atomic E-state index is -4.93. The number of nitrogens with zero attached hydrogens (tertiary/aromatic N) is 12. The minimum Gasteiger partial charge on any atom is -0.394 e. The second-order valence-corrected chi connectivity index (χ2v) is 21.0. The van der Waals surface area contributed by atoms with Gasteiger partial charge in [-0.25, -0.2) is 19.9 Å². The summed E-state index contributed by atoms with van der Waals surface area (Å²) in [5.41, 5.74) is 29.1. The number of halogens is 6. The van der Waals surface area contributed by atoms with Crippen molar-refractivity contribution >= 4 is 74.2 Å². The van der Waals surface area contributed by atoms with Crippen molar-refractivity contribution in [2.75, 3.05) is 49.2 Å². The van der Waals surface area contributed by atoms with Crippen LogP contribution in [-0.4, -0.2) is 220 Å². The molecule has 8 aromatic heterocycles. The van der Waals surface area contributed by atoms with Crippen molar-refractivity contribution in [2.24, 2.45) is 11.5 Å². The fraction of sp³-hybridized carbons (Fsp3) is 0.543. The number of aromatic amines is 4. The molecule has 91 heavy (non-hydrogen) atoms. The number of H-pyrrole nitrogens is 4. The number of rotatable bonds is 12. The van der Waals surface area contributed by atoms with Crippen LogP contribution in [0.2, 0.25) is 0 Å². The molecule has 12 heterocycles. The van der Waals surface area contributed by atoms with Gasteiger partial charge in [-0.05, 0) is 6.92 Å². The molecule has 0 aliphatic carbocycles. The molecule has 0 spiro atoms. The molecule has 0 radical (unpaired) electrons. The molecule has 496 valence electrons. The Morgan fingerprint density at radius 2 is 0.934 bits per heavy atom. The van der Waals surface area contributed by atoms with E-state index in [0.717, 1.165) is 17.8 Å². The monoisotopic (exact) mass is 1300 g/mol. The Kier molecular flexibility index (Phi) is 19.0. The van der Waals surface area contributed by atoms with Crippen LogP contribution in [0.5, 0.6) is 0 Å². The highest BCUT2D eigenvalue weighted by Gasteiger charge is 2.55. The first-order valence-corrected chi connectivity index (χ1v) is 26.9. The smallest absolute Gasteiger partial charge is 0.394 e. The minimum absolute atomic E-state index is 0.0141. The van der Waals surface area contributed by atoms with Gasteiger partial charge >= 0.3 is 12.4 Å². The summed E-state index contributed by atoms with van der Waals surface area (Å²) in [5, 5.41) is 65.1. The third-order valence-corrected chi connectivity index (χ3v) is 14.9. The van der Waals surface area contributed by atoms with Gasteiger partial charge in [-0.3, -0.25) is 72.8 Å². The number of carbonyl (C=O) groups is 1. The quantitative estimate of drug-likeness (QED) is 0.0400. The first kappa shape index (κ1) is 66.7. The average molecular weight is 1300 g/mol. The Morgan fingerprint density at radius 1 is 0.582 bits per heavy atom. The SMILES string of the molecule is CC(=O)C(F)(F)F.CC(NC[C@H]1O[C@@H](n2cnc3c(=O)[nH]c(N)nc32)[C@H](O)[C@@H]1O)(N[C@H]1C[C@H](n2cnc3c(=O)[nH]c(N)nc32)O[C@@H]1CO)C(F)(F)F.NC[C@H]1O[C@@H](n2cnc3c(=O)[nH]c(N)nc32)[C@H](O)[C@@H]1O.Nc1nc2c(ncn2[C@H]2C[C@H](N)[C@@H](CO)O2)c(=O)[nH]1. The number of fused-ring (bicyclic) bond motifs is 4. The number of alkyl halides is 6. The van der Waals surface area contributed by atoms with Gasteiger partial charge in [-0.1, -0.05) is 0 Å². The van der Waals surface area contributed by atoms with E-state index in [9.17, 15) is 75.8 Å². The Bertz CT molecular complexity index is 4170. The highest BCUT2D eigenvalue weighted by Crippen LogP contribution is 2.37. The number of imidazole rings is 4. The number of aromatic nitrogens is 16. The summed E-state index contributed by atoms with van der Waals surface area (Å²) in [6, 6.07) is -1.36. The number of carbonyl (C=O) groups excluding carboxylic acids is 1. The molecular formula is C46H60F6N24O15. The maximum atomic E-state index is 14.5. The number of nitrogens with one attached hydrogen (secondary N) is 6. The van der Waals surface area contributed by atoms with Crippen LogP contribution in [0.1, 0.15) is 51.6 Å². The summed E-state index contributed by atoms with van der Waals surface area (Å²) in [6.07, 6.45) is -17.0. The molecule has 8 aromatic rings. The van der Waals surface area contributed by atoms with E-state index in [1.54, 1.807) is 4.57 Å². The van der Waals surface area contributed by atoms with Crippen molar-refractivity contribution in [1.29, 1.82) is 0 Å². The summed E-state index contributed by atoms with van der Waals surface area (Å²) < 4.78 is 104. The number of ether oxygens (including phenoxy) is 4. The number of nitrogens with two attached hydrogens (primary N) is 6. The Morgan fingerprint density at radius 3 is 1.29 bits per heavy atom.